The van der Waals surface area contributed by atoms with Crippen LogP contribution in [0.25, 0.3) is 0 Å². The Hall–Kier alpha value is -2.22. The van der Waals surface area contributed by atoms with Crippen molar-refractivity contribution in [3.05, 3.63) is 33.8 Å². The fraction of sp³-hybridized carbons (Fsp3) is 0.500. The van der Waals surface area contributed by atoms with Crippen LogP contribution in [0.1, 0.15) is 23.4 Å². The maximum atomic E-state index is 12.4. The first-order valence-electron chi connectivity index (χ1n) is 7.98. The number of carbonyl (C=O) groups excluding carboxylic acids is 2. The van der Waals surface area contributed by atoms with Crippen molar-refractivity contribution in [2.24, 2.45) is 0 Å². The molecular formula is C16H20N4O3S. The molecular weight excluding hydrogens is 328 g/mol. The van der Waals surface area contributed by atoms with Crippen LogP contribution in [0.5, 0.6) is 0 Å². The zero-order chi connectivity index (χ0) is 16.9. The molecule has 2 aromatic heterocycles. The molecule has 1 aliphatic heterocycles. The lowest BCUT2D eigenvalue weighted by molar-refractivity contribution is -0.132. The highest BCUT2D eigenvalue weighted by Gasteiger charge is 2.23. The van der Waals surface area contributed by atoms with Gasteiger partial charge in [-0.1, -0.05) is 10.3 Å². The van der Waals surface area contributed by atoms with Gasteiger partial charge in [0, 0.05) is 26.2 Å². The number of nitrogens with zero attached hydrogens (tertiary/aromatic N) is 4. The summed E-state index contributed by atoms with van der Waals surface area (Å²) in [7, 11) is 0. The van der Waals surface area contributed by atoms with Crippen LogP contribution in [0, 0.1) is 6.92 Å². The van der Waals surface area contributed by atoms with E-state index in [-0.39, 0.29) is 18.2 Å². The quantitative estimate of drug-likeness (QED) is 0.832. The highest BCUT2D eigenvalue weighted by Crippen LogP contribution is 2.12. The molecule has 0 aliphatic carbocycles. The van der Waals surface area contributed by atoms with Gasteiger partial charge >= 0.3 is 0 Å². The van der Waals surface area contributed by atoms with E-state index >= 15 is 0 Å². The van der Waals surface area contributed by atoms with Crippen molar-refractivity contribution in [2.75, 3.05) is 26.2 Å². The monoisotopic (exact) mass is 348 g/mol. The van der Waals surface area contributed by atoms with Crippen LogP contribution in [0.2, 0.25) is 0 Å². The average molecular weight is 348 g/mol. The van der Waals surface area contributed by atoms with Gasteiger partial charge in [-0.25, -0.2) is 4.63 Å². The standard InChI is InChI=1S/C16H20N4O3S/c1-12-14(18-23-17-12)10-16(22)20-5-2-4-19(6-7-20)15(21)9-13-3-8-24-11-13/h3,8,11H,2,4-7,9-10H2,1H3. The largest absolute Gasteiger partial charge is 0.341 e. The number of hydrogen-bond donors (Lipinski definition) is 0. The lowest BCUT2D eigenvalue weighted by atomic mass is 10.2. The highest BCUT2D eigenvalue weighted by molar-refractivity contribution is 7.08. The molecule has 128 valence electrons. The Morgan fingerprint density at radius 1 is 1.12 bits per heavy atom. The van der Waals surface area contributed by atoms with E-state index in [1.54, 1.807) is 23.2 Å². The molecule has 0 N–H and O–H groups in total. The molecule has 3 heterocycles. The van der Waals surface area contributed by atoms with E-state index in [0.29, 0.717) is 44.0 Å². The summed E-state index contributed by atoms with van der Waals surface area (Å²) in [5.74, 6) is 0.125. The van der Waals surface area contributed by atoms with E-state index < -0.39 is 0 Å². The number of hydrogen-bond acceptors (Lipinski definition) is 6. The maximum absolute atomic E-state index is 12.4. The van der Waals surface area contributed by atoms with E-state index in [1.807, 2.05) is 21.7 Å². The molecule has 0 bridgehead atoms. The fourth-order valence-electron chi connectivity index (χ4n) is 2.76. The summed E-state index contributed by atoms with van der Waals surface area (Å²) in [6.07, 6.45) is 1.41. The van der Waals surface area contributed by atoms with Gasteiger partial charge in [-0.2, -0.15) is 11.3 Å². The van der Waals surface area contributed by atoms with Crippen molar-refractivity contribution in [1.82, 2.24) is 20.1 Å². The molecule has 24 heavy (non-hydrogen) atoms. The van der Waals surface area contributed by atoms with Crippen LogP contribution >= 0.6 is 11.3 Å². The minimum atomic E-state index is 0.000864. The van der Waals surface area contributed by atoms with E-state index in [1.165, 1.54) is 0 Å². The highest BCUT2D eigenvalue weighted by atomic mass is 32.1. The molecule has 1 aliphatic rings. The van der Waals surface area contributed by atoms with Crippen LogP contribution in [0.4, 0.5) is 0 Å². The molecule has 0 radical (unpaired) electrons. The minimum absolute atomic E-state index is 0.000864. The predicted octanol–water partition coefficient (Wildman–Crippen LogP) is 1.29. The smallest absolute Gasteiger partial charge is 0.228 e. The molecule has 0 unspecified atom stereocenters. The molecule has 0 saturated carbocycles. The molecule has 7 nitrogen and oxygen atoms in total. The first-order chi connectivity index (χ1) is 11.6. The normalized spacial score (nSPS) is 15.4. The lowest BCUT2D eigenvalue weighted by Crippen LogP contribution is -2.38. The van der Waals surface area contributed by atoms with Crippen molar-refractivity contribution < 1.29 is 14.2 Å². The third kappa shape index (κ3) is 4.00. The lowest BCUT2D eigenvalue weighted by Gasteiger charge is -2.22. The van der Waals surface area contributed by atoms with Crippen molar-refractivity contribution in [3.63, 3.8) is 0 Å². The van der Waals surface area contributed by atoms with Crippen molar-refractivity contribution in [2.45, 2.75) is 26.2 Å². The number of amides is 2. The van der Waals surface area contributed by atoms with Crippen LogP contribution in [0.3, 0.4) is 0 Å². The fourth-order valence-corrected chi connectivity index (χ4v) is 3.43. The van der Waals surface area contributed by atoms with Crippen molar-refractivity contribution in [1.29, 1.82) is 0 Å². The van der Waals surface area contributed by atoms with E-state index in [4.69, 9.17) is 0 Å². The average Bonchev–Trinajstić information content (AvgIpc) is 3.13. The van der Waals surface area contributed by atoms with Gasteiger partial charge in [-0.05, 0) is 35.7 Å². The topological polar surface area (TPSA) is 79.5 Å². The predicted molar refractivity (Wildman–Crippen MR) is 88.5 cm³/mol. The summed E-state index contributed by atoms with van der Waals surface area (Å²) in [6.45, 7) is 4.25. The summed E-state index contributed by atoms with van der Waals surface area (Å²) in [4.78, 5) is 28.5. The third-order valence-corrected chi connectivity index (χ3v) is 4.93. The van der Waals surface area contributed by atoms with E-state index in [9.17, 15) is 9.59 Å². The zero-order valence-electron chi connectivity index (χ0n) is 13.6. The second-order valence-corrected chi connectivity index (χ2v) is 6.68. The van der Waals surface area contributed by atoms with Gasteiger partial charge in [-0.3, -0.25) is 9.59 Å². The number of aromatic nitrogens is 2. The first-order valence-corrected chi connectivity index (χ1v) is 8.92. The second-order valence-electron chi connectivity index (χ2n) is 5.90. The Morgan fingerprint density at radius 2 is 1.83 bits per heavy atom. The molecule has 8 heteroatoms. The molecule has 0 atom stereocenters. The third-order valence-electron chi connectivity index (χ3n) is 4.20. The van der Waals surface area contributed by atoms with E-state index in [2.05, 4.69) is 14.9 Å². The van der Waals surface area contributed by atoms with Gasteiger partial charge in [0.1, 0.15) is 11.4 Å². The summed E-state index contributed by atoms with van der Waals surface area (Å²) < 4.78 is 4.63. The molecule has 2 aromatic rings. The summed E-state index contributed by atoms with van der Waals surface area (Å²) in [6, 6.07) is 1.98. The Balaban J connectivity index is 1.53. The molecule has 0 aromatic carbocycles. The zero-order valence-corrected chi connectivity index (χ0v) is 14.4. The number of rotatable bonds is 4. The number of aryl methyl sites for hydroxylation is 1. The minimum Gasteiger partial charge on any atom is -0.341 e. The maximum Gasteiger partial charge on any atom is 0.228 e. The van der Waals surface area contributed by atoms with Crippen LogP contribution < -0.4 is 0 Å². The molecule has 0 spiro atoms. The molecule has 3 rings (SSSR count). The second kappa shape index (κ2) is 7.57. The van der Waals surface area contributed by atoms with E-state index in [0.717, 1.165) is 12.0 Å². The van der Waals surface area contributed by atoms with Crippen LogP contribution in [-0.2, 0) is 22.4 Å². The SMILES string of the molecule is Cc1nonc1CC(=O)N1CCCN(C(=O)Cc2ccsc2)CC1. The van der Waals surface area contributed by atoms with Crippen LogP contribution in [-0.4, -0.2) is 58.1 Å². The Morgan fingerprint density at radius 3 is 2.42 bits per heavy atom. The Labute approximate surface area is 144 Å². The Bertz CT molecular complexity index is 698. The first kappa shape index (κ1) is 16.6. The summed E-state index contributed by atoms with van der Waals surface area (Å²) in [5.41, 5.74) is 2.27. The Kier molecular flexibility index (Phi) is 5.24. The molecule has 1 saturated heterocycles. The van der Waals surface area contributed by atoms with Crippen molar-refractivity contribution >= 4 is 23.2 Å². The van der Waals surface area contributed by atoms with Gasteiger partial charge < -0.3 is 9.80 Å². The number of carbonyl (C=O) groups is 2. The number of thiophene rings is 1. The van der Waals surface area contributed by atoms with Gasteiger partial charge in [0.25, 0.3) is 0 Å². The van der Waals surface area contributed by atoms with Gasteiger partial charge in [0.15, 0.2) is 0 Å². The molecule has 2 amide bonds. The van der Waals surface area contributed by atoms with Crippen LogP contribution in [0.15, 0.2) is 21.5 Å². The summed E-state index contributed by atoms with van der Waals surface area (Å²) in [5, 5.41) is 11.4. The van der Waals surface area contributed by atoms with Gasteiger partial charge in [0.05, 0.1) is 12.8 Å². The molecule has 1 fully saturated rings. The van der Waals surface area contributed by atoms with Crippen molar-refractivity contribution in [3.8, 4) is 0 Å². The summed E-state index contributed by atoms with van der Waals surface area (Å²) >= 11 is 1.60. The van der Waals surface area contributed by atoms with Gasteiger partial charge in [0.2, 0.25) is 11.8 Å². The van der Waals surface area contributed by atoms with Gasteiger partial charge in [-0.15, -0.1) is 0 Å².